The van der Waals surface area contributed by atoms with Crippen LogP contribution in [0.3, 0.4) is 0 Å². The van der Waals surface area contributed by atoms with E-state index in [1.54, 1.807) is 0 Å². The summed E-state index contributed by atoms with van der Waals surface area (Å²) in [5, 5.41) is 13.5. The zero-order valence-electron chi connectivity index (χ0n) is 12.8. The highest BCUT2D eigenvalue weighted by Crippen LogP contribution is 2.18. The van der Waals surface area contributed by atoms with Gasteiger partial charge >= 0.3 is 0 Å². The quantitative estimate of drug-likeness (QED) is 0.628. The highest BCUT2D eigenvalue weighted by molar-refractivity contribution is 5.78. The van der Waals surface area contributed by atoms with E-state index >= 15 is 0 Å². The van der Waals surface area contributed by atoms with Gasteiger partial charge in [0.2, 0.25) is 0 Å². The average molecular weight is 314 g/mol. The van der Waals surface area contributed by atoms with Crippen molar-refractivity contribution in [3.8, 4) is 5.75 Å². The number of rotatable bonds is 7. The van der Waals surface area contributed by atoms with Gasteiger partial charge in [-0.25, -0.2) is 0 Å². The van der Waals surface area contributed by atoms with Crippen molar-refractivity contribution in [2.24, 2.45) is 0 Å². The molecule has 0 unspecified atom stereocenters. The number of hydrogen-bond acceptors (Lipinski definition) is 4. The predicted molar refractivity (Wildman–Crippen MR) is 86.2 cm³/mol. The molecule has 1 N–H and O–H groups in total. The highest BCUT2D eigenvalue weighted by atomic mass is 16.6. The smallest absolute Gasteiger partial charge is 0.269 e. The third-order valence-electron chi connectivity index (χ3n) is 3.36. The lowest BCUT2D eigenvalue weighted by Crippen LogP contribution is -2.32. The molecule has 0 bridgehead atoms. The first-order valence-corrected chi connectivity index (χ1v) is 7.31. The minimum absolute atomic E-state index is 0.0167. The molecule has 0 spiro atoms. The van der Waals surface area contributed by atoms with Crippen LogP contribution in [-0.4, -0.2) is 17.4 Å². The van der Waals surface area contributed by atoms with E-state index in [-0.39, 0.29) is 24.2 Å². The lowest BCUT2D eigenvalue weighted by Gasteiger charge is -2.17. The van der Waals surface area contributed by atoms with Gasteiger partial charge < -0.3 is 10.1 Å². The Morgan fingerprint density at radius 2 is 1.83 bits per heavy atom. The molecule has 120 valence electrons. The molecule has 0 aromatic heterocycles. The molecule has 23 heavy (non-hydrogen) atoms. The van der Waals surface area contributed by atoms with Crippen molar-refractivity contribution in [2.75, 3.05) is 6.61 Å². The number of nitrogens with zero attached hydrogens (tertiary/aromatic N) is 1. The van der Waals surface area contributed by atoms with Crippen LogP contribution < -0.4 is 10.1 Å². The summed E-state index contributed by atoms with van der Waals surface area (Å²) in [6, 6.07) is 15.3. The molecule has 1 atom stereocenters. The maximum absolute atomic E-state index is 12.0. The standard InChI is InChI=1S/C17H18N2O4/c1-2-16(13-6-4-3-5-7-13)18-17(20)12-23-15-10-8-14(9-11-15)19(21)22/h3-11,16H,2,12H2,1H3,(H,18,20)/t16-/m0/s1. The topological polar surface area (TPSA) is 81.5 Å². The van der Waals surface area contributed by atoms with Crippen LogP contribution in [0.2, 0.25) is 0 Å². The van der Waals surface area contributed by atoms with Gasteiger partial charge in [-0.2, -0.15) is 0 Å². The van der Waals surface area contributed by atoms with Crippen molar-refractivity contribution < 1.29 is 14.5 Å². The third-order valence-corrected chi connectivity index (χ3v) is 3.36. The van der Waals surface area contributed by atoms with Crippen molar-refractivity contribution >= 4 is 11.6 Å². The SMILES string of the molecule is CC[C@H](NC(=O)COc1ccc([N+](=O)[O-])cc1)c1ccccc1. The number of benzene rings is 2. The van der Waals surface area contributed by atoms with Crippen molar-refractivity contribution in [1.29, 1.82) is 0 Å². The molecule has 0 radical (unpaired) electrons. The summed E-state index contributed by atoms with van der Waals surface area (Å²) in [5.41, 5.74) is 1.02. The number of carbonyl (C=O) groups is 1. The van der Waals surface area contributed by atoms with Gasteiger partial charge in [0.25, 0.3) is 11.6 Å². The van der Waals surface area contributed by atoms with E-state index in [1.165, 1.54) is 24.3 Å². The summed E-state index contributed by atoms with van der Waals surface area (Å²) in [4.78, 5) is 22.1. The van der Waals surface area contributed by atoms with E-state index in [1.807, 2.05) is 37.3 Å². The number of nitro benzene ring substituents is 1. The Kier molecular flexibility index (Phi) is 5.68. The minimum atomic E-state index is -0.484. The van der Waals surface area contributed by atoms with Crippen LogP contribution in [0.1, 0.15) is 24.9 Å². The summed E-state index contributed by atoms with van der Waals surface area (Å²) in [5.74, 6) is 0.178. The molecule has 0 aliphatic rings. The van der Waals surface area contributed by atoms with E-state index < -0.39 is 4.92 Å². The number of amides is 1. The number of ether oxygens (including phenoxy) is 1. The minimum Gasteiger partial charge on any atom is -0.484 e. The van der Waals surface area contributed by atoms with Crippen molar-refractivity contribution in [3.63, 3.8) is 0 Å². The maximum Gasteiger partial charge on any atom is 0.269 e. The number of hydrogen-bond donors (Lipinski definition) is 1. The second-order valence-corrected chi connectivity index (χ2v) is 4.98. The first-order chi connectivity index (χ1) is 11.1. The lowest BCUT2D eigenvalue weighted by atomic mass is 10.0. The zero-order chi connectivity index (χ0) is 16.7. The summed E-state index contributed by atoms with van der Waals surface area (Å²) in [7, 11) is 0. The molecule has 6 nitrogen and oxygen atoms in total. The van der Waals surface area contributed by atoms with Crippen LogP contribution in [0, 0.1) is 10.1 Å². The van der Waals surface area contributed by atoms with E-state index in [4.69, 9.17) is 4.74 Å². The van der Waals surface area contributed by atoms with Gasteiger partial charge in [0.1, 0.15) is 5.75 Å². The molecule has 0 aliphatic heterocycles. The summed E-state index contributed by atoms with van der Waals surface area (Å²) in [6.45, 7) is 1.86. The lowest BCUT2D eigenvalue weighted by molar-refractivity contribution is -0.384. The van der Waals surface area contributed by atoms with Crippen molar-refractivity contribution in [2.45, 2.75) is 19.4 Å². The fourth-order valence-corrected chi connectivity index (χ4v) is 2.16. The van der Waals surface area contributed by atoms with Crippen molar-refractivity contribution in [3.05, 3.63) is 70.3 Å². The molecule has 0 saturated heterocycles. The zero-order valence-corrected chi connectivity index (χ0v) is 12.8. The molecule has 0 saturated carbocycles. The van der Waals surface area contributed by atoms with E-state index in [9.17, 15) is 14.9 Å². The van der Waals surface area contributed by atoms with Gasteiger partial charge in [-0.1, -0.05) is 37.3 Å². The normalized spacial score (nSPS) is 11.5. The Labute approximate surface area is 134 Å². The molecule has 1 amide bonds. The molecule has 6 heteroatoms. The molecule has 0 heterocycles. The third kappa shape index (κ3) is 4.81. The van der Waals surface area contributed by atoms with Crippen LogP contribution in [0.4, 0.5) is 5.69 Å². The Morgan fingerprint density at radius 3 is 2.39 bits per heavy atom. The first kappa shape index (κ1) is 16.5. The van der Waals surface area contributed by atoms with E-state index in [0.29, 0.717) is 5.75 Å². The number of carbonyl (C=O) groups excluding carboxylic acids is 1. The molecular formula is C17H18N2O4. The average Bonchev–Trinajstić information content (AvgIpc) is 2.59. The van der Waals surface area contributed by atoms with Gasteiger partial charge in [-0.15, -0.1) is 0 Å². The summed E-state index contributed by atoms with van der Waals surface area (Å²) >= 11 is 0. The molecule has 0 aliphatic carbocycles. The summed E-state index contributed by atoms with van der Waals surface area (Å²) < 4.78 is 5.35. The fourth-order valence-electron chi connectivity index (χ4n) is 2.16. The molecule has 0 fully saturated rings. The van der Waals surface area contributed by atoms with Gasteiger partial charge in [-0.3, -0.25) is 14.9 Å². The van der Waals surface area contributed by atoms with E-state index in [0.717, 1.165) is 12.0 Å². The van der Waals surface area contributed by atoms with Gasteiger partial charge in [-0.05, 0) is 24.1 Å². The van der Waals surface area contributed by atoms with E-state index in [2.05, 4.69) is 5.32 Å². The number of non-ortho nitro benzene ring substituents is 1. The van der Waals surface area contributed by atoms with Crippen LogP contribution in [0.25, 0.3) is 0 Å². The Hall–Kier alpha value is -2.89. The largest absolute Gasteiger partial charge is 0.484 e. The Bertz CT molecular complexity index is 656. The second kappa shape index (κ2) is 7.93. The molecular weight excluding hydrogens is 296 g/mol. The monoisotopic (exact) mass is 314 g/mol. The summed E-state index contributed by atoms with van der Waals surface area (Å²) in [6.07, 6.45) is 0.771. The van der Waals surface area contributed by atoms with Crippen LogP contribution >= 0.6 is 0 Å². The van der Waals surface area contributed by atoms with Crippen molar-refractivity contribution in [1.82, 2.24) is 5.32 Å². The van der Waals surface area contributed by atoms with Crippen LogP contribution in [0.15, 0.2) is 54.6 Å². The predicted octanol–water partition coefficient (Wildman–Crippen LogP) is 3.24. The highest BCUT2D eigenvalue weighted by Gasteiger charge is 2.13. The van der Waals surface area contributed by atoms with Crippen LogP contribution in [-0.2, 0) is 4.79 Å². The number of nitrogens with one attached hydrogen (secondary N) is 1. The maximum atomic E-state index is 12.0. The number of nitro groups is 1. The van der Waals surface area contributed by atoms with Gasteiger partial charge in [0, 0.05) is 12.1 Å². The van der Waals surface area contributed by atoms with Gasteiger partial charge in [0.05, 0.1) is 11.0 Å². The fraction of sp³-hybridized carbons (Fsp3) is 0.235. The Morgan fingerprint density at radius 1 is 1.17 bits per heavy atom. The molecule has 2 aromatic carbocycles. The molecule has 2 aromatic rings. The molecule has 2 rings (SSSR count). The first-order valence-electron chi connectivity index (χ1n) is 7.31. The second-order valence-electron chi connectivity index (χ2n) is 4.98. The Balaban J connectivity index is 1.88. The van der Waals surface area contributed by atoms with Gasteiger partial charge in [0.15, 0.2) is 6.61 Å². The van der Waals surface area contributed by atoms with Crippen LogP contribution in [0.5, 0.6) is 5.75 Å².